The molecule has 2 heterocycles. The van der Waals surface area contributed by atoms with Crippen molar-refractivity contribution in [3.8, 4) is 5.75 Å². The van der Waals surface area contributed by atoms with Gasteiger partial charge in [0.1, 0.15) is 5.75 Å². The van der Waals surface area contributed by atoms with Gasteiger partial charge in [0.2, 0.25) is 0 Å². The molecular weight excluding hydrogens is 420 g/mol. The van der Waals surface area contributed by atoms with E-state index in [1.54, 1.807) is 11.3 Å². The van der Waals surface area contributed by atoms with E-state index in [-0.39, 0.29) is 12.0 Å². The third-order valence-electron chi connectivity index (χ3n) is 5.66. The van der Waals surface area contributed by atoms with Crippen LogP contribution in [0.4, 0.5) is 5.13 Å². The molecule has 4 rings (SSSR count). The number of benzene rings is 2. The lowest BCUT2D eigenvalue weighted by Crippen LogP contribution is -2.48. The average Bonchev–Trinajstić information content (AvgIpc) is 3.19. The predicted octanol–water partition coefficient (Wildman–Crippen LogP) is 4.25. The van der Waals surface area contributed by atoms with E-state index in [9.17, 15) is 4.79 Å². The van der Waals surface area contributed by atoms with Crippen molar-refractivity contribution < 1.29 is 9.53 Å². The number of hydrogen-bond donors (Lipinski definition) is 1. The second kappa shape index (κ2) is 9.88. The summed E-state index contributed by atoms with van der Waals surface area (Å²) in [6, 6.07) is 11.7. The lowest BCUT2D eigenvalue weighted by molar-refractivity contribution is 0.0947. The summed E-state index contributed by atoms with van der Waals surface area (Å²) in [7, 11) is 0. The largest absolute Gasteiger partial charge is 0.491 e. The number of aromatic nitrogens is 1. The van der Waals surface area contributed by atoms with Gasteiger partial charge in [-0.3, -0.25) is 9.69 Å². The zero-order valence-corrected chi connectivity index (χ0v) is 20.2. The van der Waals surface area contributed by atoms with Crippen LogP contribution < -0.4 is 15.0 Å². The number of amides is 1. The van der Waals surface area contributed by atoms with Crippen molar-refractivity contribution in [2.24, 2.45) is 0 Å². The van der Waals surface area contributed by atoms with Gasteiger partial charge < -0.3 is 15.0 Å². The number of nitrogens with zero attached hydrogens (tertiary/aromatic N) is 3. The average molecular weight is 453 g/mol. The smallest absolute Gasteiger partial charge is 0.251 e. The van der Waals surface area contributed by atoms with E-state index < -0.39 is 0 Å². The molecule has 0 spiro atoms. The molecule has 0 bridgehead atoms. The summed E-state index contributed by atoms with van der Waals surface area (Å²) in [5.41, 5.74) is 4.33. The van der Waals surface area contributed by atoms with Crippen LogP contribution in [0, 0.1) is 13.8 Å². The first-order valence-electron chi connectivity index (χ1n) is 11.3. The van der Waals surface area contributed by atoms with E-state index in [1.165, 1.54) is 15.8 Å². The minimum absolute atomic E-state index is 0.0418. The molecule has 3 aromatic rings. The molecule has 2 aromatic carbocycles. The Morgan fingerprint density at radius 2 is 1.84 bits per heavy atom. The maximum absolute atomic E-state index is 12.4. The SMILES string of the molecule is Cc1cc(C)c2nc(N3CCN(CCNC(=O)c4ccc(OC(C)C)cc4)CC3)sc2c1. The second-order valence-electron chi connectivity index (χ2n) is 8.70. The number of aryl methyl sites for hydroxylation is 2. The monoisotopic (exact) mass is 452 g/mol. The number of fused-ring (bicyclic) bond motifs is 1. The Labute approximate surface area is 194 Å². The van der Waals surface area contributed by atoms with E-state index in [1.807, 2.05) is 38.1 Å². The van der Waals surface area contributed by atoms with Crippen LogP contribution in [0.1, 0.15) is 35.3 Å². The topological polar surface area (TPSA) is 57.7 Å². The summed E-state index contributed by atoms with van der Waals surface area (Å²) in [4.78, 5) is 22.1. The molecule has 6 nitrogen and oxygen atoms in total. The number of nitrogens with one attached hydrogen (secondary N) is 1. The van der Waals surface area contributed by atoms with Gasteiger partial charge >= 0.3 is 0 Å². The van der Waals surface area contributed by atoms with Crippen LogP contribution in [-0.4, -0.2) is 61.2 Å². The molecule has 0 atom stereocenters. The fourth-order valence-corrected chi connectivity index (χ4v) is 5.24. The Bertz CT molecular complexity index is 1070. The molecule has 1 amide bonds. The number of piperazine rings is 1. The van der Waals surface area contributed by atoms with Gasteiger partial charge in [0, 0.05) is 44.8 Å². The third kappa shape index (κ3) is 5.40. The molecule has 170 valence electrons. The molecule has 0 aliphatic carbocycles. The third-order valence-corrected chi connectivity index (χ3v) is 6.73. The molecule has 1 N–H and O–H groups in total. The highest BCUT2D eigenvalue weighted by Crippen LogP contribution is 2.32. The Morgan fingerprint density at radius 1 is 1.12 bits per heavy atom. The Kier molecular flexibility index (Phi) is 6.96. The van der Waals surface area contributed by atoms with Crippen LogP contribution >= 0.6 is 11.3 Å². The number of thiazole rings is 1. The van der Waals surface area contributed by atoms with Crippen molar-refractivity contribution in [1.29, 1.82) is 0 Å². The molecule has 0 radical (unpaired) electrons. The summed E-state index contributed by atoms with van der Waals surface area (Å²) in [6.07, 6.45) is 0.123. The fraction of sp³-hybridized carbons (Fsp3) is 0.440. The highest BCUT2D eigenvalue weighted by Gasteiger charge is 2.20. The number of carbonyl (C=O) groups excluding carboxylic acids is 1. The number of ether oxygens (including phenoxy) is 1. The quantitative estimate of drug-likeness (QED) is 0.581. The molecule has 1 aliphatic rings. The summed E-state index contributed by atoms with van der Waals surface area (Å²) in [5.74, 6) is 0.743. The van der Waals surface area contributed by atoms with Gasteiger partial charge in [0.15, 0.2) is 5.13 Å². The summed E-state index contributed by atoms with van der Waals surface area (Å²) in [6.45, 7) is 13.6. The van der Waals surface area contributed by atoms with E-state index in [4.69, 9.17) is 9.72 Å². The maximum Gasteiger partial charge on any atom is 0.251 e. The molecule has 32 heavy (non-hydrogen) atoms. The van der Waals surface area contributed by atoms with Crippen molar-refractivity contribution in [2.45, 2.75) is 33.8 Å². The molecule has 7 heteroatoms. The number of anilines is 1. The van der Waals surface area contributed by atoms with Gasteiger partial charge in [-0.15, -0.1) is 0 Å². The Morgan fingerprint density at radius 3 is 2.53 bits per heavy atom. The fourth-order valence-electron chi connectivity index (χ4n) is 4.04. The van der Waals surface area contributed by atoms with E-state index in [0.717, 1.165) is 49.1 Å². The first kappa shape index (κ1) is 22.6. The van der Waals surface area contributed by atoms with Crippen molar-refractivity contribution in [2.75, 3.05) is 44.2 Å². The standard InChI is InChI=1S/C25H32N4O2S/c1-17(2)31-21-7-5-20(6-8-21)24(30)26-9-10-28-11-13-29(14-12-28)25-27-23-19(4)15-18(3)16-22(23)32-25/h5-8,15-17H,9-14H2,1-4H3,(H,26,30). The van der Waals surface area contributed by atoms with Crippen molar-refractivity contribution >= 4 is 32.6 Å². The van der Waals surface area contributed by atoms with Gasteiger partial charge in [-0.25, -0.2) is 4.98 Å². The first-order valence-corrected chi connectivity index (χ1v) is 12.1. The van der Waals surface area contributed by atoms with E-state index >= 15 is 0 Å². The molecule has 1 aromatic heterocycles. The van der Waals surface area contributed by atoms with Crippen LogP contribution in [0.15, 0.2) is 36.4 Å². The molecule has 0 saturated carbocycles. The molecule has 1 fully saturated rings. The van der Waals surface area contributed by atoms with Crippen molar-refractivity contribution in [3.63, 3.8) is 0 Å². The van der Waals surface area contributed by atoms with Crippen molar-refractivity contribution in [1.82, 2.24) is 15.2 Å². The Hall–Kier alpha value is -2.64. The van der Waals surface area contributed by atoms with E-state index in [2.05, 4.69) is 41.1 Å². The van der Waals surface area contributed by atoms with Gasteiger partial charge in [-0.05, 0) is 69.2 Å². The van der Waals surface area contributed by atoms with Crippen LogP contribution in [0.2, 0.25) is 0 Å². The molecular formula is C25H32N4O2S. The zero-order valence-electron chi connectivity index (χ0n) is 19.4. The number of rotatable bonds is 7. The minimum Gasteiger partial charge on any atom is -0.491 e. The Balaban J connectivity index is 1.23. The second-order valence-corrected chi connectivity index (χ2v) is 9.71. The predicted molar refractivity (Wildman–Crippen MR) is 132 cm³/mol. The highest BCUT2D eigenvalue weighted by molar-refractivity contribution is 7.22. The first-order chi connectivity index (χ1) is 15.4. The van der Waals surface area contributed by atoms with Crippen LogP contribution in [-0.2, 0) is 0 Å². The lowest BCUT2D eigenvalue weighted by Gasteiger charge is -2.34. The van der Waals surface area contributed by atoms with Crippen LogP contribution in [0.5, 0.6) is 5.75 Å². The van der Waals surface area contributed by atoms with Gasteiger partial charge in [-0.1, -0.05) is 17.4 Å². The highest BCUT2D eigenvalue weighted by atomic mass is 32.1. The van der Waals surface area contributed by atoms with Gasteiger partial charge in [0.05, 0.1) is 16.3 Å². The van der Waals surface area contributed by atoms with Gasteiger partial charge in [-0.2, -0.15) is 0 Å². The summed E-state index contributed by atoms with van der Waals surface area (Å²) < 4.78 is 6.90. The molecule has 1 saturated heterocycles. The molecule has 0 unspecified atom stereocenters. The normalized spacial score (nSPS) is 14.8. The zero-order chi connectivity index (χ0) is 22.7. The van der Waals surface area contributed by atoms with Crippen LogP contribution in [0.25, 0.3) is 10.2 Å². The maximum atomic E-state index is 12.4. The van der Waals surface area contributed by atoms with Crippen molar-refractivity contribution in [3.05, 3.63) is 53.1 Å². The summed E-state index contributed by atoms with van der Waals surface area (Å²) in [5, 5.41) is 4.15. The minimum atomic E-state index is -0.0418. The number of hydrogen-bond acceptors (Lipinski definition) is 6. The number of carbonyl (C=O) groups is 1. The van der Waals surface area contributed by atoms with Crippen LogP contribution in [0.3, 0.4) is 0 Å². The van der Waals surface area contributed by atoms with Gasteiger partial charge in [0.25, 0.3) is 5.91 Å². The lowest BCUT2D eigenvalue weighted by atomic mass is 10.1. The summed E-state index contributed by atoms with van der Waals surface area (Å²) >= 11 is 1.79. The molecule has 1 aliphatic heterocycles. The van der Waals surface area contributed by atoms with E-state index in [0.29, 0.717) is 12.1 Å².